The number of rotatable bonds is 3. The highest BCUT2D eigenvalue weighted by atomic mass is 16.3. The zero-order chi connectivity index (χ0) is 21.5. The molecule has 0 spiro atoms. The van der Waals surface area contributed by atoms with Crippen LogP contribution in [0.3, 0.4) is 0 Å². The Morgan fingerprint density at radius 3 is 1.65 bits per heavy atom. The van der Waals surface area contributed by atoms with Gasteiger partial charge in [0.15, 0.2) is 0 Å². The van der Waals surface area contributed by atoms with E-state index in [1.165, 1.54) is 38.2 Å². The Kier molecular flexibility index (Phi) is 4.63. The van der Waals surface area contributed by atoms with Crippen LogP contribution in [-0.2, 0) is 6.42 Å². The molecule has 0 saturated carbocycles. The highest BCUT2D eigenvalue weighted by molar-refractivity contribution is 6.15. The monoisotopic (exact) mass is 404 g/mol. The third-order valence-electron chi connectivity index (χ3n) is 6.17. The number of aromatic hydroxyl groups is 2. The minimum absolute atomic E-state index is 0.316. The van der Waals surface area contributed by atoms with E-state index in [9.17, 15) is 10.2 Å². The van der Waals surface area contributed by atoms with Crippen LogP contribution in [0.1, 0.15) is 22.3 Å². The second-order valence-electron chi connectivity index (χ2n) is 8.24. The molecule has 0 saturated heterocycles. The first-order valence-electron chi connectivity index (χ1n) is 10.5. The Morgan fingerprint density at radius 2 is 1.10 bits per heavy atom. The van der Waals surface area contributed by atoms with Crippen molar-refractivity contribution in [3.8, 4) is 22.6 Å². The van der Waals surface area contributed by atoms with Crippen molar-refractivity contribution in [2.75, 3.05) is 0 Å². The highest BCUT2D eigenvalue weighted by Crippen LogP contribution is 2.41. The Balaban J connectivity index is 1.83. The number of hydrogen-bond acceptors (Lipinski definition) is 2. The van der Waals surface area contributed by atoms with Crippen LogP contribution in [0.2, 0.25) is 0 Å². The number of phenols is 2. The predicted octanol–water partition coefficient (Wildman–Crippen LogP) is 7.28. The van der Waals surface area contributed by atoms with Crippen LogP contribution in [0.4, 0.5) is 0 Å². The van der Waals surface area contributed by atoms with Crippen LogP contribution in [-0.4, -0.2) is 10.2 Å². The second-order valence-corrected chi connectivity index (χ2v) is 8.24. The SMILES string of the molecule is Cc1cc(Cc2c3ccccc3c(-c3ccc(O)c(C)c3)c3ccccc23)ccc1O. The average Bonchev–Trinajstić information content (AvgIpc) is 2.78. The molecule has 0 aromatic heterocycles. The highest BCUT2D eigenvalue weighted by Gasteiger charge is 2.16. The molecule has 0 amide bonds. The lowest BCUT2D eigenvalue weighted by atomic mass is 9.86. The minimum atomic E-state index is 0.316. The first kappa shape index (κ1) is 19.2. The fraction of sp³-hybridized carbons (Fsp3) is 0.103. The van der Waals surface area contributed by atoms with Gasteiger partial charge in [0.1, 0.15) is 11.5 Å². The Hall–Kier alpha value is -3.78. The first-order valence-corrected chi connectivity index (χ1v) is 10.5. The van der Waals surface area contributed by atoms with Crippen LogP contribution in [0.15, 0.2) is 84.9 Å². The van der Waals surface area contributed by atoms with Crippen molar-refractivity contribution in [3.05, 3.63) is 107 Å². The van der Waals surface area contributed by atoms with E-state index in [1.54, 1.807) is 12.1 Å². The summed E-state index contributed by atoms with van der Waals surface area (Å²) in [7, 11) is 0. The van der Waals surface area contributed by atoms with E-state index in [0.29, 0.717) is 11.5 Å². The van der Waals surface area contributed by atoms with Gasteiger partial charge in [-0.1, -0.05) is 66.7 Å². The molecule has 2 nitrogen and oxygen atoms in total. The van der Waals surface area contributed by atoms with Crippen LogP contribution >= 0.6 is 0 Å². The summed E-state index contributed by atoms with van der Waals surface area (Å²) < 4.78 is 0. The smallest absolute Gasteiger partial charge is 0.118 e. The van der Waals surface area contributed by atoms with Crippen LogP contribution in [0.5, 0.6) is 11.5 Å². The Labute approximate surface area is 182 Å². The predicted molar refractivity (Wildman–Crippen MR) is 129 cm³/mol. The van der Waals surface area contributed by atoms with E-state index in [2.05, 4.69) is 60.7 Å². The van der Waals surface area contributed by atoms with Crippen LogP contribution in [0.25, 0.3) is 32.7 Å². The third kappa shape index (κ3) is 3.30. The van der Waals surface area contributed by atoms with E-state index in [1.807, 2.05) is 26.0 Å². The summed E-state index contributed by atoms with van der Waals surface area (Å²) in [4.78, 5) is 0. The van der Waals surface area contributed by atoms with Gasteiger partial charge in [-0.15, -0.1) is 0 Å². The average molecular weight is 405 g/mol. The molecule has 0 fully saturated rings. The lowest BCUT2D eigenvalue weighted by Gasteiger charge is -2.18. The zero-order valence-corrected chi connectivity index (χ0v) is 17.7. The molecular weight excluding hydrogens is 380 g/mol. The van der Waals surface area contributed by atoms with Crippen LogP contribution < -0.4 is 0 Å². The molecule has 0 radical (unpaired) electrons. The molecule has 0 heterocycles. The number of phenolic OH excluding ortho intramolecular Hbond substituents is 2. The number of hydrogen-bond donors (Lipinski definition) is 2. The normalized spacial score (nSPS) is 11.3. The minimum Gasteiger partial charge on any atom is -0.508 e. The summed E-state index contributed by atoms with van der Waals surface area (Å²) in [6.07, 6.45) is 0.789. The maximum atomic E-state index is 10.0. The van der Waals surface area contributed by atoms with Gasteiger partial charge in [-0.05, 0) is 93.4 Å². The van der Waals surface area contributed by atoms with Gasteiger partial charge in [-0.2, -0.15) is 0 Å². The summed E-state index contributed by atoms with van der Waals surface area (Å²) in [5.41, 5.74) is 6.53. The molecule has 5 aromatic rings. The summed E-state index contributed by atoms with van der Waals surface area (Å²) in [5, 5.41) is 24.9. The lowest BCUT2D eigenvalue weighted by molar-refractivity contribution is 0.470. The first-order chi connectivity index (χ1) is 15.0. The maximum absolute atomic E-state index is 10.0. The molecule has 31 heavy (non-hydrogen) atoms. The van der Waals surface area contributed by atoms with Crippen LogP contribution in [0, 0.1) is 13.8 Å². The van der Waals surface area contributed by atoms with Gasteiger partial charge in [-0.25, -0.2) is 0 Å². The largest absolute Gasteiger partial charge is 0.508 e. The van der Waals surface area contributed by atoms with Gasteiger partial charge in [0.25, 0.3) is 0 Å². The van der Waals surface area contributed by atoms with E-state index in [4.69, 9.17) is 0 Å². The fourth-order valence-electron chi connectivity index (χ4n) is 4.56. The lowest BCUT2D eigenvalue weighted by Crippen LogP contribution is -1.96. The van der Waals surface area contributed by atoms with E-state index in [0.717, 1.165) is 23.1 Å². The molecule has 0 bridgehead atoms. The summed E-state index contributed by atoms with van der Waals surface area (Å²) in [5.74, 6) is 0.646. The van der Waals surface area contributed by atoms with Crippen molar-refractivity contribution >= 4 is 21.5 Å². The molecular formula is C29H24O2. The van der Waals surface area contributed by atoms with Crippen molar-refractivity contribution in [2.24, 2.45) is 0 Å². The topological polar surface area (TPSA) is 40.5 Å². The molecule has 5 rings (SSSR count). The summed E-state index contributed by atoms with van der Waals surface area (Å²) in [6.45, 7) is 3.87. The quantitative estimate of drug-likeness (QED) is 0.310. The molecule has 0 atom stereocenters. The standard InChI is InChI=1S/C29H24O2/c1-18-15-20(11-13-27(18)30)17-26-22-7-3-5-9-24(22)29(25-10-6-4-8-23(25)26)21-12-14-28(31)19(2)16-21/h3-16,30-31H,17H2,1-2H3. The van der Waals surface area contributed by atoms with Gasteiger partial charge in [0, 0.05) is 0 Å². The molecule has 5 aromatic carbocycles. The van der Waals surface area contributed by atoms with E-state index < -0.39 is 0 Å². The summed E-state index contributed by atoms with van der Waals surface area (Å²) in [6, 6.07) is 28.8. The van der Waals surface area contributed by atoms with Gasteiger partial charge in [-0.3, -0.25) is 0 Å². The summed E-state index contributed by atoms with van der Waals surface area (Å²) >= 11 is 0. The number of aryl methyl sites for hydroxylation is 2. The van der Waals surface area contributed by atoms with E-state index in [-0.39, 0.29) is 0 Å². The van der Waals surface area contributed by atoms with Crippen molar-refractivity contribution in [1.29, 1.82) is 0 Å². The third-order valence-corrected chi connectivity index (χ3v) is 6.17. The van der Waals surface area contributed by atoms with Crippen molar-refractivity contribution in [1.82, 2.24) is 0 Å². The van der Waals surface area contributed by atoms with Crippen molar-refractivity contribution in [2.45, 2.75) is 20.3 Å². The molecule has 0 aliphatic rings. The molecule has 152 valence electrons. The molecule has 0 aliphatic carbocycles. The van der Waals surface area contributed by atoms with Gasteiger partial charge in [0.05, 0.1) is 0 Å². The van der Waals surface area contributed by atoms with Crippen molar-refractivity contribution in [3.63, 3.8) is 0 Å². The Bertz CT molecular complexity index is 1390. The second kappa shape index (κ2) is 7.48. The molecule has 0 aliphatic heterocycles. The fourth-order valence-corrected chi connectivity index (χ4v) is 4.56. The zero-order valence-electron chi connectivity index (χ0n) is 17.7. The molecule has 2 heteroatoms. The maximum Gasteiger partial charge on any atom is 0.118 e. The van der Waals surface area contributed by atoms with Gasteiger partial charge in [0.2, 0.25) is 0 Å². The van der Waals surface area contributed by atoms with Crippen molar-refractivity contribution < 1.29 is 10.2 Å². The number of benzene rings is 5. The molecule has 0 unspecified atom stereocenters. The van der Waals surface area contributed by atoms with E-state index >= 15 is 0 Å². The van der Waals surface area contributed by atoms with Gasteiger partial charge < -0.3 is 10.2 Å². The molecule has 2 N–H and O–H groups in total. The number of fused-ring (bicyclic) bond motifs is 2. The Morgan fingerprint density at radius 1 is 0.581 bits per heavy atom. The van der Waals surface area contributed by atoms with Gasteiger partial charge >= 0.3 is 0 Å².